The smallest absolute Gasteiger partial charge is 0.0798 e. The topological polar surface area (TPSA) is 29.9 Å². The first-order valence-corrected chi connectivity index (χ1v) is 5.78. The molecule has 1 saturated heterocycles. The van der Waals surface area contributed by atoms with Gasteiger partial charge in [0.25, 0.3) is 0 Å². The highest BCUT2D eigenvalue weighted by Crippen LogP contribution is 2.21. The van der Waals surface area contributed by atoms with Crippen LogP contribution in [0.25, 0.3) is 5.69 Å². The lowest BCUT2D eigenvalue weighted by atomic mass is 10.2. The molecule has 3 nitrogen and oxygen atoms in total. The van der Waals surface area contributed by atoms with E-state index in [-0.39, 0.29) is 0 Å². The summed E-state index contributed by atoms with van der Waals surface area (Å²) in [4.78, 5) is 0. The van der Waals surface area contributed by atoms with Crippen molar-refractivity contribution in [2.45, 2.75) is 18.9 Å². The first kappa shape index (κ1) is 9.60. The highest BCUT2D eigenvalue weighted by molar-refractivity contribution is 5.30. The van der Waals surface area contributed by atoms with E-state index in [9.17, 15) is 0 Å². The standard InChI is InChI=1S/C13H15N3/c1-2-5-11(6-3-1)16-10-8-13(15-16)12-7-4-9-14-12/h1-3,5-6,8,10,12,14H,4,7,9H2/t12-/m0/s1. The highest BCUT2D eigenvalue weighted by Gasteiger charge is 2.18. The summed E-state index contributed by atoms with van der Waals surface area (Å²) in [5.74, 6) is 0. The summed E-state index contributed by atoms with van der Waals surface area (Å²) in [7, 11) is 0. The molecule has 1 fully saturated rings. The van der Waals surface area contributed by atoms with Crippen LogP contribution in [-0.4, -0.2) is 16.3 Å². The van der Waals surface area contributed by atoms with Crippen LogP contribution in [0.5, 0.6) is 0 Å². The van der Waals surface area contributed by atoms with Crippen LogP contribution in [0.3, 0.4) is 0 Å². The Bertz CT molecular complexity index is 455. The largest absolute Gasteiger partial charge is 0.309 e. The molecule has 0 spiro atoms. The third kappa shape index (κ3) is 1.74. The first-order valence-electron chi connectivity index (χ1n) is 5.78. The van der Waals surface area contributed by atoms with Gasteiger partial charge in [-0.1, -0.05) is 18.2 Å². The maximum Gasteiger partial charge on any atom is 0.0798 e. The van der Waals surface area contributed by atoms with Gasteiger partial charge in [-0.3, -0.25) is 0 Å². The van der Waals surface area contributed by atoms with Crippen LogP contribution >= 0.6 is 0 Å². The van der Waals surface area contributed by atoms with Crippen LogP contribution in [0.15, 0.2) is 42.6 Å². The van der Waals surface area contributed by atoms with Crippen molar-refractivity contribution in [2.75, 3.05) is 6.54 Å². The fraction of sp³-hybridized carbons (Fsp3) is 0.308. The van der Waals surface area contributed by atoms with E-state index in [0.717, 1.165) is 17.9 Å². The second-order valence-electron chi connectivity index (χ2n) is 4.17. The average Bonchev–Trinajstić information content (AvgIpc) is 3.01. The molecule has 0 amide bonds. The Morgan fingerprint density at radius 1 is 1.19 bits per heavy atom. The zero-order valence-electron chi connectivity index (χ0n) is 9.13. The zero-order chi connectivity index (χ0) is 10.8. The van der Waals surface area contributed by atoms with Crippen LogP contribution < -0.4 is 5.32 Å². The zero-order valence-corrected chi connectivity index (χ0v) is 9.13. The van der Waals surface area contributed by atoms with E-state index in [2.05, 4.69) is 28.6 Å². The molecule has 0 aliphatic carbocycles. The number of hydrogen-bond donors (Lipinski definition) is 1. The predicted octanol–water partition coefficient (Wildman–Crippen LogP) is 2.30. The van der Waals surface area contributed by atoms with Gasteiger partial charge in [-0.25, -0.2) is 4.68 Å². The van der Waals surface area contributed by atoms with E-state index in [0.29, 0.717) is 6.04 Å². The molecule has 0 unspecified atom stereocenters. The van der Waals surface area contributed by atoms with Gasteiger partial charge in [0.05, 0.1) is 17.4 Å². The molecule has 1 aromatic heterocycles. The number of nitrogens with one attached hydrogen (secondary N) is 1. The van der Waals surface area contributed by atoms with Crippen LogP contribution in [0.2, 0.25) is 0 Å². The fourth-order valence-corrected chi connectivity index (χ4v) is 2.19. The number of aromatic nitrogens is 2. The Balaban J connectivity index is 1.87. The summed E-state index contributed by atoms with van der Waals surface area (Å²) in [6.45, 7) is 1.11. The molecule has 3 rings (SSSR count). The average molecular weight is 213 g/mol. The molecule has 3 heteroatoms. The minimum absolute atomic E-state index is 0.449. The van der Waals surface area contributed by atoms with Gasteiger partial charge in [0.15, 0.2) is 0 Å². The van der Waals surface area contributed by atoms with E-state index >= 15 is 0 Å². The SMILES string of the molecule is c1ccc(-n2ccc([C@@H]3CCCN3)n2)cc1. The van der Waals surface area contributed by atoms with Crippen LogP contribution in [-0.2, 0) is 0 Å². The highest BCUT2D eigenvalue weighted by atomic mass is 15.3. The summed E-state index contributed by atoms with van der Waals surface area (Å²) in [5.41, 5.74) is 2.27. The molecule has 2 heterocycles. The fourth-order valence-electron chi connectivity index (χ4n) is 2.19. The Morgan fingerprint density at radius 2 is 2.06 bits per heavy atom. The number of rotatable bonds is 2. The van der Waals surface area contributed by atoms with Gasteiger partial charge in [0.2, 0.25) is 0 Å². The maximum atomic E-state index is 4.62. The summed E-state index contributed by atoms with van der Waals surface area (Å²) >= 11 is 0. The van der Waals surface area contributed by atoms with Gasteiger partial charge in [0.1, 0.15) is 0 Å². The minimum Gasteiger partial charge on any atom is -0.309 e. The van der Waals surface area contributed by atoms with Crippen LogP contribution in [0, 0.1) is 0 Å². The molecule has 0 saturated carbocycles. The Labute approximate surface area is 95.1 Å². The van der Waals surface area contributed by atoms with Gasteiger partial charge in [-0.15, -0.1) is 0 Å². The van der Waals surface area contributed by atoms with Gasteiger partial charge in [0, 0.05) is 6.20 Å². The van der Waals surface area contributed by atoms with E-state index < -0.39 is 0 Å². The number of hydrogen-bond acceptors (Lipinski definition) is 2. The van der Waals surface area contributed by atoms with E-state index in [4.69, 9.17) is 0 Å². The van der Waals surface area contributed by atoms with E-state index in [1.807, 2.05) is 29.1 Å². The van der Waals surface area contributed by atoms with Crippen LogP contribution in [0.4, 0.5) is 0 Å². The van der Waals surface area contributed by atoms with Crippen molar-refractivity contribution < 1.29 is 0 Å². The molecule has 82 valence electrons. The van der Waals surface area contributed by atoms with Crippen molar-refractivity contribution in [3.05, 3.63) is 48.3 Å². The van der Waals surface area contributed by atoms with Crippen molar-refractivity contribution >= 4 is 0 Å². The first-order chi connectivity index (χ1) is 7.93. The maximum absolute atomic E-state index is 4.62. The minimum atomic E-state index is 0.449. The third-order valence-electron chi connectivity index (χ3n) is 3.05. The Morgan fingerprint density at radius 3 is 2.81 bits per heavy atom. The molecule has 1 N–H and O–H groups in total. The molecule has 1 aliphatic heterocycles. The molecule has 16 heavy (non-hydrogen) atoms. The lowest BCUT2D eigenvalue weighted by molar-refractivity contribution is 0.617. The lowest BCUT2D eigenvalue weighted by Gasteiger charge is -2.05. The number of para-hydroxylation sites is 1. The quantitative estimate of drug-likeness (QED) is 0.829. The second kappa shape index (κ2) is 4.10. The molecule has 1 aliphatic rings. The molecular formula is C13H15N3. The summed E-state index contributed by atoms with van der Waals surface area (Å²) in [6.07, 6.45) is 4.49. The lowest BCUT2D eigenvalue weighted by Crippen LogP contribution is -2.13. The van der Waals surface area contributed by atoms with Crippen LogP contribution in [0.1, 0.15) is 24.6 Å². The molecule has 1 aromatic carbocycles. The van der Waals surface area contributed by atoms with E-state index in [1.165, 1.54) is 12.8 Å². The third-order valence-corrected chi connectivity index (χ3v) is 3.05. The van der Waals surface area contributed by atoms with E-state index in [1.54, 1.807) is 0 Å². The van der Waals surface area contributed by atoms with Crippen molar-refractivity contribution in [1.82, 2.24) is 15.1 Å². The van der Waals surface area contributed by atoms with Crippen molar-refractivity contribution in [2.24, 2.45) is 0 Å². The van der Waals surface area contributed by atoms with Gasteiger partial charge in [-0.2, -0.15) is 5.10 Å². The van der Waals surface area contributed by atoms with Crippen molar-refractivity contribution in [1.29, 1.82) is 0 Å². The predicted molar refractivity (Wildman–Crippen MR) is 63.5 cm³/mol. The number of nitrogens with zero attached hydrogens (tertiary/aromatic N) is 2. The molecular weight excluding hydrogens is 198 g/mol. The van der Waals surface area contributed by atoms with Crippen molar-refractivity contribution in [3.63, 3.8) is 0 Å². The monoisotopic (exact) mass is 213 g/mol. The summed E-state index contributed by atoms with van der Waals surface area (Å²) in [5, 5.41) is 8.08. The summed E-state index contributed by atoms with van der Waals surface area (Å²) < 4.78 is 1.94. The molecule has 0 bridgehead atoms. The second-order valence-corrected chi connectivity index (χ2v) is 4.17. The van der Waals surface area contributed by atoms with Gasteiger partial charge >= 0.3 is 0 Å². The Kier molecular flexibility index (Phi) is 2.46. The Hall–Kier alpha value is -1.61. The molecule has 2 aromatic rings. The van der Waals surface area contributed by atoms with Gasteiger partial charge < -0.3 is 5.32 Å². The normalized spacial score (nSPS) is 20.1. The summed E-state index contributed by atoms with van der Waals surface area (Å²) in [6, 6.07) is 12.8. The molecule has 1 atom stereocenters. The molecule has 0 radical (unpaired) electrons. The van der Waals surface area contributed by atoms with Gasteiger partial charge in [-0.05, 0) is 37.6 Å². The number of benzene rings is 1. The van der Waals surface area contributed by atoms with Crippen molar-refractivity contribution in [3.8, 4) is 5.69 Å².